The minimum atomic E-state index is -0.176. The number of carbonyl (C=O) groups excluding carboxylic acids is 1. The molecule has 0 radical (unpaired) electrons. The van der Waals surface area contributed by atoms with Crippen LogP contribution in [0.15, 0.2) is 24.3 Å². The van der Waals surface area contributed by atoms with E-state index in [0.29, 0.717) is 11.4 Å². The number of hydrogen-bond acceptors (Lipinski definition) is 3. The van der Waals surface area contributed by atoms with Crippen molar-refractivity contribution in [2.45, 2.75) is 13.0 Å². The molecule has 0 aliphatic carbocycles. The van der Waals surface area contributed by atoms with Gasteiger partial charge in [-0.3, -0.25) is 9.69 Å². The minimum absolute atomic E-state index is 0.0468. The largest absolute Gasteiger partial charge is 0.495 e. The third-order valence-electron chi connectivity index (χ3n) is 2.52. The number of rotatable bonds is 4. The van der Waals surface area contributed by atoms with Crippen molar-refractivity contribution in [3.05, 3.63) is 24.3 Å². The molecular weight excluding hydrogens is 204 g/mol. The summed E-state index contributed by atoms with van der Waals surface area (Å²) < 4.78 is 5.16. The molecule has 88 valence electrons. The number of likely N-dealkylation sites (N-methyl/N-ethyl adjacent to an activating group) is 1. The minimum Gasteiger partial charge on any atom is -0.495 e. The summed E-state index contributed by atoms with van der Waals surface area (Å²) in [5.41, 5.74) is 0.698. The van der Waals surface area contributed by atoms with Crippen LogP contribution in [0, 0.1) is 0 Å². The van der Waals surface area contributed by atoms with Crippen molar-refractivity contribution in [1.82, 2.24) is 4.90 Å². The lowest BCUT2D eigenvalue weighted by molar-refractivity contribution is -0.119. The van der Waals surface area contributed by atoms with Crippen molar-refractivity contribution in [2.24, 2.45) is 0 Å². The van der Waals surface area contributed by atoms with Crippen LogP contribution >= 0.6 is 0 Å². The van der Waals surface area contributed by atoms with Gasteiger partial charge >= 0.3 is 0 Å². The van der Waals surface area contributed by atoms with Crippen LogP contribution in [0.4, 0.5) is 5.69 Å². The maximum Gasteiger partial charge on any atom is 0.241 e. The molecule has 0 bridgehead atoms. The Kier molecular flexibility index (Phi) is 4.31. The molecule has 0 saturated carbocycles. The number of nitrogens with one attached hydrogen (secondary N) is 1. The molecule has 0 saturated heterocycles. The highest BCUT2D eigenvalue weighted by Gasteiger charge is 2.16. The fourth-order valence-corrected chi connectivity index (χ4v) is 1.22. The molecule has 0 aliphatic rings. The van der Waals surface area contributed by atoms with Crippen LogP contribution in [0.3, 0.4) is 0 Å². The van der Waals surface area contributed by atoms with Crippen molar-refractivity contribution in [2.75, 3.05) is 26.5 Å². The van der Waals surface area contributed by atoms with Crippen molar-refractivity contribution >= 4 is 11.6 Å². The van der Waals surface area contributed by atoms with Gasteiger partial charge in [0.15, 0.2) is 0 Å². The van der Waals surface area contributed by atoms with Gasteiger partial charge in [-0.1, -0.05) is 12.1 Å². The van der Waals surface area contributed by atoms with Crippen LogP contribution in [0.2, 0.25) is 0 Å². The number of amides is 1. The maximum absolute atomic E-state index is 11.8. The Morgan fingerprint density at radius 3 is 2.56 bits per heavy atom. The molecule has 0 aliphatic heterocycles. The maximum atomic E-state index is 11.8. The van der Waals surface area contributed by atoms with Crippen LogP contribution in [0.1, 0.15) is 6.92 Å². The van der Waals surface area contributed by atoms with Gasteiger partial charge in [0, 0.05) is 0 Å². The highest BCUT2D eigenvalue weighted by molar-refractivity contribution is 5.95. The second-order valence-corrected chi connectivity index (χ2v) is 3.83. The third-order valence-corrected chi connectivity index (χ3v) is 2.52. The monoisotopic (exact) mass is 222 g/mol. The van der Waals surface area contributed by atoms with E-state index in [1.165, 1.54) is 0 Å². The Bertz CT molecular complexity index is 364. The average Bonchev–Trinajstić information content (AvgIpc) is 2.28. The molecule has 1 aromatic rings. The van der Waals surface area contributed by atoms with Crippen molar-refractivity contribution < 1.29 is 9.53 Å². The van der Waals surface area contributed by atoms with E-state index in [-0.39, 0.29) is 11.9 Å². The summed E-state index contributed by atoms with van der Waals surface area (Å²) in [6.45, 7) is 1.85. The zero-order valence-corrected chi connectivity index (χ0v) is 10.2. The molecule has 0 fully saturated rings. The summed E-state index contributed by atoms with van der Waals surface area (Å²) in [5, 5.41) is 2.84. The Labute approximate surface area is 96.2 Å². The number of anilines is 1. The lowest BCUT2D eigenvalue weighted by atomic mass is 10.2. The normalized spacial score (nSPS) is 12.3. The fraction of sp³-hybridized carbons (Fsp3) is 0.417. The molecule has 1 rings (SSSR count). The number of benzene rings is 1. The van der Waals surface area contributed by atoms with Crippen LogP contribution in [0.5, 0.6) is 5.75 Å². The molecule has 1 atom stereocenters. The molecule has 16 heavy (non-hydrogen) atoms. The molecule has 4 nitrogen and oxygen atoms in total. The highest BCUT2D eigenvalue weighted by atomic mass is 16.5. The van der Waals surface area contributed by atoms with E-state index in [4.69, 9.17) is 4.74 Å². The Hall–Kier alpha value is -1.55. The predicted octanol–water partition coefficient (Wildman–Crippen LogP) is 1.58. The number of methoxy groups -OCH3 is 1. The van der Waals surface area contributed by atoms with E-state index in [9.17, 15) is 4.79 Å². The van der Waals surface area contributed by atoms with Crippen molar-refractivity contribution in [3.63, 3.8) is 0 Å². The molecule has 0 heterocycles. The van der Waals surface area contributed by atoms with E-state index in [1.54, 1.807) is 7.11 Å². The first-order chi connectivity index (χ1) is 7.56. The number of carbonyl (C=O) groups is 1. The molecule has 0 spiro atoms. The Balaban J connectivity index is 2.76. The zero-order valence-electron chi connectivity index (χ0n) is 10.2. The summed E-state index contributed by atoms with van der Waals surface area (Å²) in [4.78, 5) is 13.7. The SMILES string of the molecule is COc1ccccc1NC(=O)[C@H](C)N(C)C. The summed E-state index contributed by atoms with van der Waals surface area (Å²) >= 11 is 0. The lowest BCUT2D eigenvalue weighted by Crippen LogP contribution is -2.37. The number of nitrogens with zero attached hydrogens (tertiary/aromatic N) is 1. The Morgan fingerprint density at radius 2 is 2.00 bits per heavy atom. The first-order valence-electron chi connectivity index (χ1n) is 5.16. The summed E-state index contributed by atoms with van der Waals surface area (Å²) in [6, 6.07) is 7.18. The van der Waals surface area contributed by atoms with E-state index in [1.807, 2.05) is 50.2 Å². The Morgan fingerprint density at radius 1 is 1.38 bits per heavy atom. The lowest BCUT2D eigenvalue weighted by Gasteiger charge is -2.19. The molecule has 1 amide bonds. The standard InChI is InChI=1S/C12H18N2O2/c1-9(14(2)3)12(15)13-10-7-5-6-8-11(10)16-4/h5-9H,1-4H3,(H,13,15)/t9-/m0/s1. The fourth-order valence-electron chi connectivity index (χ4n) is 1.22. The smallest absolute Gasteiger partial charge is 0.241 e. The van der Waals surface area contributed by atoms with Gasteiger partial charge in [0.1, 0.15) is 5.75 Å². The van der Waals surface area contributed by atoms with E-state index in [0.717, 1.165) is 0 Å². The van der Waals surface area contributed by atoms with E-state index in [2.05, 4.69) is 5.32 Å². The summed E-state index contributed by atoms with van der Waals surface area (Å²) in [6.07, 6.45) is 0. The van der Waals surface area contributed by atoms with Crippen LogP contribution < -0.4 is 10.1 Å². The number of hydrogen-bond donors (Lipinski definition) is 1. The van der Waals surface area contributed by atoms with Crippen molar-refractivity contribution in [1.29, 1.82) is 0 Å². The molecule has 0 unspecified atom stereocenters. The molecule has 1 aromatic carbocycles. The summed E-state index contributed by atoms with van der Waals surface area (Å²) in [7, 11) is 5.32. The van der Waals surface area contributed by atoms with Gasteiger partial charge in [0.05, 0.1) is 18.8 Å². The number of ether oxygens (including phenoxy) is 1. The van der Waals surface area contributed by atoms with Crippen LogP contribution in [-0.4, -0.2) is 38.1 Å². The van der Waals surface area contributed by atoms with Gasteiger partial charge in [-0.15, -0.1) is 0 Å². The van der Waals surface area contributed by atoms with Crippen LogP contribution in [-0.2, 0) is 4.79 Å². The average molecular weight is 222 g/mol. The molecular formula is C12H18N2O2. The van der Waals surface area contributed by atoms with Gasteiger partial charge in [-0.2, -0.15) is 0 Å². The van der Waals surface area contributed by atoms with E-state index >= 15 is 0 Å². The predicted molar refractivity (Wildman–Crippen MR) is 64.8 cm³/mol. The molecule has 4 heteroatoms. The second-order valence-electron chi connectivity index (χ2n) is 3.83. The first kappa shape index (κ1) is 12.5. The first-order valence-corrected chi connectivity index (χ1v) is 5.16. The molecule has 1 N–H and O–H groups in total. The van der Waals surface area contributed by atoms with Crippen molar-refractivity contribution in [3.8, 4) is 5.75 Å². The third kappa shape index (κ3) is 2.97. The van der Waals surface area contributed by atoms with Gasteiger partial charge in [-0.05, 0) is 33.2 Å². The highest BCUT2D eigenvalue weighted by Crippen LogP contribution is 2.23. The second kappa shape index (κ2) is 5.51. The van der Waals surface area contributed by atoms with Gasteiger partial charge in [0.25, 0.3) is 0 Å². The molecule has 0 aromatic heterocycles. The van der Waals surface area contributed by atoms with Gasteiger partial charge < -0.3 is 10.1 Å². The quantitative estimate of drug-likeness (QED) is 0.841. The number of para-hydroxylation sites is 2. The summed E-state index contributed by atoms with van der Waals surface area (Å²) in [5.74, 6) is 0.622. The van der Waals surface area contributed by atoms with Gasteiger partial charge in [0.2, 0.25) is 5.91 Å². The van der Waals surface area contributed by atoms with E-state index < -0.39 is 0 Å². The van der Waals surface area contributed by atoms with Crippen LogP contribution in [0.25, 0.3) is 0 Å². The zero-order chi connectivity index (χ0) is 12.1. The topological polar surface area (TPSA) is 41.6 Å². The van der Waals surface area contributed by atoms with Gasteiger partial charge in [-0.25, -0.2) is 0 Å².